The van der Waals surface area contributed by atoms with Crippen LogP contribution in [-0.4, -0.2) is 28.7 Å². The number of rotatable bonds is 3. The largest absolute Gasteiger partial charge is 0.324 e. The summed E-state index contributed by atoms with van der Waals surface area (Å²) in [6, 6.07) is 4.24. The predicted octanol–water partition coefficient (Wildman–Crippen LogP) is 3.46. The molecule has 3 amide bonds. The zero-order chi connectivity index (χ0) is 17.9. The van der Waals surface area contributed by atoms with Crippen LogP contribution >= 0.6 is 27.5 Å². The number of likely N-dealkylation sites (tertiary alicyclic amines) is 1. The Bertz CT molecular complexity index is 756. The quantitative estimate of drug-likeness (QED) is 0.754. The lowest BCUT2D eigenvalue weighted by atomic mass is 9.81. The number of hydrogen-bond donors (Lipinski definition) is 1. The van der Waals surface area contributed by atoms with E-state index >= 15 is 0 Å². The first kappa shape index (κ1) is 17.0. The predicted molar refractivity (Wildman–Crippen MR) is 96.9 cm³/mol. The van der Waals surface area contributed by atoms with Gasteiger partial charge in [-0.25, -0.2) is 0 Å². The van der Waals surface area contributed by atoms with E-state index in [9.17, 15) is 14.4 Å². The fraction of sp³-hybridized carbons (Fsp3) is 0.500. The third-order valence-electron chi connectivity index (χ3n) is 5.92. The fourth-order valence-corrected chi connectivity index (χ4v) is 5.18. The smallest absolute Gasteiger partial charge is 0.247 e. The summed E-state index contributed by atoms with van der Waals surface area (Å²) < 4.78 is 0.730. The van der Waals surface area contributed by atoms with Crippen molar-refractivity contribution >= 4 is 50.9 Å². The summed E-state index contributed by atoms with van der Waals surface area (Å²) in [5, 5.41) is 3.22. The molecule has 25 heavy (non-hydrogen) atoms. The van der Waals surface area contributed by atoms with Crippen LogP contribution in [0.3, 0.4) is 0 Å². The number of benzene rings is 1. The average molecular weight is 426 g/mol. The summed E-state index contributed by atoms with van der Waals surface area (Å²) in [7, 11) is 0. The van der Waals surface area contributed by atoms with Gasteiger partial charge >= 0.3 is 0 Å². The molecule has 2 saturated carbocycles. The van der Waals surface area contributed by atoms with Crippen LogP contribution < -0.4 is 5.32 Å². The van der Waals surface area contributed by atoms with Gasteiger partial charge in [0.25, 0.3) is 0 Å². The second-order valence-electron chi connectivity index (χ2n) is 7.23. The van der Waals surface area contributed by atoms with Gasteiger partial charge in [0.1, 0.15) is 6.04 Å². The van der Waals surface area contributed by atoms with Crippen molar-refractivity contribution in [2.75, 3.05) is 5.32 Å². The molecule has 0 spiro atoms. The average Bonchev–Trinajstić information content (AvgIpc) is 3.24. The van der Waals surface area contributed by atoms with Crippen molar-refractivity contribution in [1.29, 1.82) is 0 Å². The fourth-order valence-electron chi connectivity index (χ4n) is 4.75. The number of carbonyl (C=O) groups is 3. The summed E-state index contributed by atoms with van der Waals surface area (Å²) in [6.07, 6.45) is 3.03. The van der Waals surface area contributed by atoms with Gasteiger partial charge in [-0.1, -0.05) is 11.6 Å². The highest BCUT2D eigenvalue weighted by atomic mass is 79.9. The zero-order valence-corrected chi connectivity index (χ0v) is 16.0. The number of hydrogen-bond acceptors (Lipinski definition) is 3. The van der Waals surface area contributed by atoms with E-state index in [0.29, 0.717) is 22.5 Å². The Balaban J connectivity index is 1.51. The van der Waals surface area contributed by atoms with Crippen LogP contribution in [0.2, 0.25) is 5.02 Å². The van der Waals surface area contributed by atoms with Crippen LogP contribution in [0.5, 0.6) is 0 Å². The molecule has 0 unspecified atom stereocenters. The Labute approximate surface area is 159 Å². The van der Waals surface area contributed by atoms with Gasteiger partial charge in [-0.2, -0.15) is 0 Å². The molecule has 2 bridgehead atoms. The minimum absolute atomic E-state index is 0.168. The molecule has 1 aromatic rings. The molecule has 1 heterocycles. The summed E-state index contributed by atoms with van der Waals surface area (Å²) in [5.41, 5.74) is 0.532. The molecule has 1 N–H and O–H groups in total. The first-order valence-corrected chi connectivity index (χ1v) is 9.68. The van der Waals surface area contributed by atoms with E-state index in [4.69, 9.17) is 11.6 Å². The SMILES string of the molecule is C[C@@H](C(=O)Nc1ccc(Br)c(Cl)c1)N1C(=O)[C@@H]2[C@H]3CC[C@H](C3)[C@@H]2C1=O. The Kier molecular flexibility index (Phi) is 4.15. The lowest BCUT2D eigenvalue weighted by molar-refractivity contribution is -0.146. The van der Waals surface area contributed by atoms with Crippen LogP contribution in [0.25, 0.3) is 0 Å². The summed E-state index contributed by atoms with van der Waals surface area (Å²) >= 11 is 9.33. The third kappa shape index (κ3) is 2.61. The lowest BCUT2D eigenvalue weighted by Crippen LogP contribution is -2.46. The van der Waals surface area contributed by atoms with Crippen molar-refractivity contribution in [3.8, 4) is 0 Å². The first-order chi connectivity index (χ1) is 11.9. The van der Waals surface area contributed by atoms with E-state index in [0.717, 1.165) is 23.7 Å². The number of nitrogens with zero attached hydrogens (tertiary/aromatic N) is 1. The maximum Gasteiger partial charge on any atom is 0.247 e. The molecule has 0 aromatic heterocycles. The van der Waals surface area contributed by atoms with Gasteiger partial charge in [0.05, 0.1) is 16.9 Å². The van der Waals surface area contributed by atoms with Gasteiger partial charge in [0.2, 0.25) is 17.7 Å². The molecule has 0 radical (unpaired) electrons. The molecule has 3 fully saturated rings. The van der Waals surface area contributed by atoms with E-state index in [1.165, 1.54) is 4.90 Å². The lowest BCUT2D eigenvalue weighted by Gasteiger charge is -2.23. The normalized spacial score (nSPS) is 31.4. The molecule has 5 atom stereocenters. The van der Waals surface area contributed by atoms with Crippen molar-refractivity contribution in [3.63, 3.8) is 0 Å². The van der Waals surface area contributed by atoms with E-state index in [-0.39, 0.29) is 29.6 Å². The van der Waals surface area contributed by atoms with Gasteiger partial charge in [-0.3, -0.25) is 19.3 Å². The monoisotopic (exact) mass is 424 g/mol. The zero-order valence-electron chi connectivity index (χ0n) is 13.7. The Morgan fingerprint density at radius 2 is 1.84 bits per heavy atom. The highest BCUT2D eigenvalue weighted by molar-refractivity contribution is 9.10. The van der Waals surface area contributed by atoms with Crippen molar-refractivity contribution in [1.82, 2.24) is 4.90 Å². The van der Waals surface area contributed by atoms with E-state index in [2.05, 4.69) is 21.2 Å². The van der Waals surface area contributed by atoms with Gasteiger partial charge in [0, 0.05) is 10.2 Å². The van der Waals surface area contributed by atoms with Gasteiger partial charge < -0.3 is 5.32 Å². The van der Waals surface area contributed by atoms with Crippen LogP contribution in [0.15, 0.2) is 22.7 Å². The highest BCUT2D eigenvalue weighted by Crippen LogP contribution is 2.56. The molecule has 7 heteroatoms. The maximum atomic E-state index is 12.8. The van der Waals surface area contributed by atoms with Crippen LogP contribution in [0.4, 0.5) is 5.69 Å². The summed E-state index contributed by atoms with van der Waals surface area (Å²) in [6.45, 7) is 1.61. The molecule has 3 aliphatic rings. The second-order valence-corrected chi connectivity index (χ2v) is 8.49. The van der Waals surface area contributed by atoms with E-state index in [1.54, 1.807) is 25.1 Å². The molecular formula is C18H18BrClN2O3. The Morgan fingerprint density at radius 3 is 2.40 bits per heavy atom. The number of nitrogens with one attached hydrogen (secondary N) is 1. The Morgan fingerprint density at radius 1 is 1.24 bits per heavy atom. The number of anilines is 1. The number of imide groups is 1. The van der Waals surface area contributed by atoms with Crippen LogP contribution in [0, 0.1) is 23.7 Å². The van der Waals surface area contributed by atoms with Crippen LogP contribution in [-0.2, 0) is 14.4 Å². The molecule has 1 aromatic carbocycles. The van der Waals surface area contributed by atoms with Crippen LogP contribution in [0.1, 0.15) is 26.2 Å². The minimum atomic E-state index is -0.826. The third-order valence-corrected chi connectivity index (χ3v) is 7.15. The number of carbonyl (C=O) groups excluding carboxylic acids is 3. The minimum Gasteiger partial charge on any atom is -0.324 e. The van der Waals surface area contributed by atoms with Crippen molar-refractivity contribution < 1.29 is 14.4 Å². The van der Waals surface area contributed by atoms with Crippen molar-refractivity contribution in [2.45, 2.75) is 32.2 Å². The highest BCUT2D eigenvalue weighted by Gasteiger charge is 2.62. The number of halogens is 2. The maximum absolute atomic E-state index is 12.8. The molecule has 2 aliphatic carbocycles. The van der Waals surface area contributed by atoms with Gasteiger partial charge in [-0.05, 0) is 72.2 Å². The number of fused-ring (bicyclic) bond motifs is 5. The number of amides is 3. The summed E-state index contributed by atoms with van der Waals surface area (Å²) in [4.78, 5) is 39.3. The molecule has 1 saturated heterocycles. The van der Waals surface area contributed by atoms with Crippen molar-refractivity contribution in [3.05, 3.63) is 27.7 Å². The Hall–Kier alpha value is -1.40. The molecule has 132 valence electrons. The van der Waals surface area contributed by atoms with Gasteiger partial charge in [0.15, 0.2) is 0 Å². The molecule has 1 aliphatic heterocycles. The molecule has 4 rings (SSSR count). The van der Waals surface area contributed by atoms with Crippen molar-refractivity contribution in [2.24, 2.45) is 23.7 Å². The van der Waals surface area contributed by atoms with E-state index < -0.39 is 6.04 Å². The first-order valence-electron chi connectivity index (χ1n) is 8.51. The summed E-state index contributed by atoms with van der Waals surface area (Å²) in [5.74, 6) is -0.494. The second kappa shape index (κ2) is 6.09. The van der Waals surface area contributed by atoms with Gasteiger partial charge in [-0.15, -0.1) is 0 Å². The molecule has 5 nitrogen and oxygen atoms in total. The standard InChI is InChI=1S/C18H18BrClN2O3/c1-8(16(23)21-11-4-5-12(19)13(20)7-11)22-17(24)14-9-2-3-10(6-9)15(14)18(22)25/h4-5,7-10,14-15H,2-3,6H2,1H3,(H,21,23)/t8-,9-,10+,14+,15-/m0/s1. The molecular weight excluding hydrogens is 408 g/mol. The topological polar surface area (TPSA) is 66.5 Å². The van der Waals surface area contributed by atoms with E-state index in [1.807, 2.05) is 0 Å².